The van der Waals surface area contributed by atoms with Gasteiger partial charge in [0, 0.05) is 13.2 Å². The van der Waals surface area contributed by atoms with Crippen molar-refractivity contribution in [2.75, 3.05) is 32.8 Å². The Bertz CT molecular complexity index is 239. The van der Waals surface area contributed by atoms with E-state index in [2.05, 4.69) is 17.6 Å². The summed E-state index contributed by atoms with van der Waals surface area (Å²) in [6, 6.07) is 0. The summed E-state index contributed by atoms with van der Waals surface area (Å²) in [6.45, 7) is 6.58. The van der Waals surface area contributed by atoms with E-state index in [9.17, 15) is 4.79 Å². The van der Waals surface area contributed by atoms with Gasteiger partial charge in [0.2, 0.25) is 5.91 Å². The molecule has 0 radical (unpaired) electrons. The zero-order valence-corrected chi connectivity index (χ0v) is 10.00. The van der Waals surface area contributed by atoms with Gasteiger partial charge in [0.25, 0.3) is 0 Å². The molecular weight excluding hydrogens is 204 g/mol. The van der Waals surface area contributed by atoms with E-state index < -0.39 is 0 Å². The lowest BCUT2D eigenvalue weighted by Crippen LogP contribution is -2.42. The summed E-state index contributed by atoms with van der Waals surface area (Å²) in [7, 11) is 0. The molecule has 0 aromatic rings. The lowest BCUT2D eigenvalue weighted by molar-refractivity contribution is -0.125. The quantitative estimate of drug-likeness (QED) is 0.731. The van der Waals surface area contributed by atoms with Gasteiger partial charge in [0.1, 0.15) is 0 Å². The molecule has 2 rings (SSSR count). The fourth-order valence-electron chi connectivity index (χ4n) is 2.49. The van der Waals surface area contributed by atoms with E-state index in [1.165, 1.54) is 6.42 Å². The van der Waals surface area contributed by atoms with Crippen LogP contribution in [0.4, 0.5) is 0 Å². The summed E-state index contributed by atoms with van der Waals surface area (Å²) in [5, 5.41) is 6.45. The van der Waals surface area contributed by atoms with Gasteiger partial charge in [-0.1, -0.05) is 6.92 Å². The maximum Gasteiger partial charge on any atom is 0.225 e. The highest BCUT2D eigenvalue weighted by Gasteiger charge is 2.26. The van der Waals surface area contributed by atoms with Crippen LogP contribution in [-0.2, 0) is 9.53 Å². The molecule has 1 amide bonds. The second kappa shape index (κ2) is 5.64. The number of piperidine rings is 1. The minimum Gasteiger partial charge on any atom is -0.381 e. The number of hydrogen-bond donors (Lipinski definition) is 2. The molecule has 2 saturated heterocycles. The van der Waals surface area contributed by atoms with E-state index in [0.29, 0.717) is 18.4 Å². The fourth-order valence-corrected chi connectivity index (χ4v) is 2.49. The third kappa shape index (κ3) is 2.95. The first-order chi connectivity index (χ1) is 7.77. The average molecular weight is 226 g/mol. The Hall–Kier alpha value is -0.610. The van der Waals surface area contributed by atoms with Crippen molar-refractivity contribution in [2.45, 2.75) is 19.8 Å². The molecule has 16 heavy (non-hydrogen) atoms. The van der Waals surface area contributed by atoms with E-state index >= 15 is 0 Å². The predicted molar refractivity (Wildman–Crippen MR) is 62.1 cm³/mol. The Labute approximate surface area is 97.1 Å². The molecular formula is C12H22N2O2. The van der Waals surface area contributed by atoms with Crippen molar-refractivity contribution in [3.63, 3.8) is 0 Å². The Balaban J connectivity index is 1.71. The van der Waals surface area contributed by atoms with Gasteiger partial charge in [-0.25, -0.2) is 0 Å². The van der Waals surface area contributed by atoms with Crippen LogP contribution in [0.15, 0.2) is 0 Å². The minimum atomic E-state index is 0.0945. The number of rotatable bonds is 3. The lowest BCUT2D eigenvalue weighted by Gasteiger charge is -2.29. The van der Waals surface area contributed by atoms with Crippen molar-refractivity contribution in [3.05, 3.63) is 0 Å². The van der Waals surface area contributed by atoms with Crippen molar-refractivity contribution in [3.8, 4) is 0 Å². The molecule has 2 aliphatic rings. The smallest absolute Gasteiger partial charge is 0.225 e. The minimum absolute atomic E-state index is 0.0945. The summed E-state index contributed by atoms with van der Waals surface area (Å²) < 4.78 is 5.22. The molecule has 4 heteroatoms. The van der Waals surface area contributed by atoms with Gasteiger partial charge in [-0.05, 0) is 37.8 Å². The SMILES string of the molecule is CC1CNCCC1CNC(=O)C1CCOC1. The zero-order chi connectivity index (χ0) is 11.4. The molecule has 0 spiro atoms. The molecule has 0 saturated carbocycles. The van der Waals surface area contributed by atoms with Crippen LogP contribution >= 0.6 is 0 Å². The topological polar surface area (TPSA) is 50.4 Å². The van der Waals surface area contributed by atoms with Gasteiger partial charge >= 0.3 is 0 Å². The monoisotopic (exact) mass is 226 g/mol. The van der Waals surface area contributed by atoms with Crippen molar-refractivity contribution >= 4 is 5.91 Å². The molecule has 4 nitrogen and oxygen atoms in total. The molecule has 2 fully saturated rings. The molecule has 0 aromatic carbocycles. The highest BCUT2D eigenvalue weighted by molar-refractivity contribution is 5.78. The van der Waals surface area contributed by atoms with Crippen molar-refractivity contribution in [1.82, 2.24) is 10.6 Å². The maximum absolute atomic E-state index is 11.8. The van der Waals surface area contributed by atoms with Crippen LogP contribution in [0.25, 0.3) is 0 Å². The van der Waals surface area contributed by atoms with Crippen molar-refractivity contribution in [2.24, 2.45) is 17.8 Å². The number of amides is 1. The van der Waals surface area contributed by atoms with Crippen LogP contribution < -0.4 is 10.6 Å². The lowest BCUT2D eigenvalue weighted by atomic mass is 9.88. The van der Waals surface area contributed by atoms with E-state index in [0.717, 1.165) is 32.7 Å². The highest BCUT2D eigenvalue weighted by atomic mass is 16.5. The Morgan fingerprint density at radius 3 is 3.06 bits per heavy atom. The average Bonchev–Trinajstić information content (AvgIpc) is 2.81. The third-order valence-electron chi connectivity index (χ3n) is 3.80. The summed E-state index contributed by atoms with van der Waals surface area (Å²) in [4.78, 5) is 11.8. The molecule has 3 unspecified atom stereocenters. The summed E-state index contributed by atoms with van der Waals surface area (Å²) in [5.41, 5.74) is 0. The second-order valence-electron chi connectivity index (χ2n) is 5.04. The summed E-state index contributed by atoms with van der Waals surface area (Å²) in [5.74, 6) is 1.57. The molecule has 0 bridgehead atoms. The van der Waals surface area contributed by atoms with Crippen LogP contribution in [-0.4, -0.2) is 38.8 Å². The highest BCUT2D eigenvalue weighted by Crippen LogP contribution is 2.18. The number of carbonyl (C=O) groups excluding carboxylic acids is 1. The molecule has 2 heterocycles. The zero-order valence-electron chi connectivity index (χ0n) is 10.00. The van der Waals surface area contributed by atoms with E-state index in [-0.39, 0.29) is 11.8 Å². The van der Waals surface area contributed by atoms with Gasteiger partial charge in [0.15, 0.2) is 0 Å². The standard InChI is InChI=1S/C12H22N2O2/c1-9-6-13-4-2-10(9)7-14-12(15)11-3-5-16-8-11/h9-11,13H,2-8H2,1H3,(H,14,15). The first-order valence-electron chi connectivity index (χ1n) is 6.33. The summed E-state index contributed by atoms with van der Waals surface area (Å²) in [6.07, 6.45) is 2.05. The first kappa shape index (κ1) is 11.9. The van der Waals surface area contributed by atoms with E-state index in [1.807, 2.05) is 0 Å². The van der Waals surface area contributed by atoms with Gasteiger partial charge in [-0.15, -0.1) is 0 Å². The largest absolute Gasteiger partial charge is 0.381 e. The van der Waals surface area contributed by atoms with Crippen LogP contribution in [0.2, 0.25) is 0 Å². The molecule has 2 aliphatic heterocycles. The third-order valence-corrected chi connectivity index (χ3v) is 3.80. The Morgan fingerprint density at radius 1 is 1.50 bits per heavy atom. The van der Waals surface area contributed by atoms with Crippen LogP contribution in [0, 0.1) is 17.8 Å². The van der Waals surface area contributed by atoms with Gasteiger partial charge in [-0.3, -0.25) is 4.79 Å². The predicted octanol–water partition coefficient (Wildman–Crippen LogP) is 0.385. The molecule has 2 N–H and O–H groups in total. The van der Waals surface area contributed by atoms with Crippen molar-refractivity contribution < 1.29 is 9.53 Å². The first-order valence-corrected chi connectivity index (χ1v) is 6.33. The second-order valence-corrected chi connectivity index (χ2v) is 5.04. The van der Waals surface area contributed by atoms with Crippen LogP contribution in [0.3, 0.4) is 0 Å². The van der Waals surface area contributed by atoms with Gasteiger partial charge in [-0.2, -0.15) is 0 Å². The normalized spacial score (nSPS) is 34.9. The Morgan fingerprint density at radius 2 is 2.38 bits per heavy atom. The maximum atomic E-state index is 11.8. The molecule has 3 atom stereocenters. The Kier molecular flexibility index (Phi) is 4.18. The number of hydrogen-bond acceptors (Lipinski definition) is 3. The molecule has 92 valence electrons. The summed E-state index contributed by atoms with van der Waals surface area (Å²) >= 11 is 0. The molecule has 0 aromatic heterocycles. The van der Waals surface area contributed by atoms with E-state index in [4.69, 9.17) is 4.74 Å². The van der Waals surface area contributed by atoms with Crippen LogP contribution in [0.5, 0.6) is 0 Å². The number of carbonyl (C=O) groups is 1. The molecule has 0 aliphatic carbocycles. The van der Waals surface area contributed by atoms with E-state index in [1.54, 1.807) is 0 Å². The van der Waals surface area contributed by atoms with Crippen molar-refractivity contribution in [1.29, 1.82) is 0 Å². The number of ether oxygens (including phenoxy) is 1. The van der Waals surface area contributed by atoms with Gasteiger partial charge in [0.05, 0.1) is 12.5 Å². The fraction of sp³-hybridized carbons (Fsp3) is 0.917. The van der Waals surface area contributed by atoms with Gasteiger partial charge < -0.3 is 15.4 Å². The van der Waals surface area contributed by atoms with Crippen LogP contribution in [0.1, 0.15) is 19.8 Å². The number of nitrogens with one attached hydrogen (secondary N) is 2.